The number of benzene rings is 1. The molecule has 0 saturated carbocycles. The van der Waals surface area contributed by atoms with Crippen molar-refractivity contribution in [1.82, 2.24) is 0 Å². The van der Waals surface area contributed by atoms with E-state index in [0.29, 0.717) is 6.61 Å². The van der Waals surface area contributed by atoms with Crippen molar-refractivity contribution in [2.75, 3.05) is 0 Å². The normalized spacial score (nSPS) is 12.6. The smallest absolute Gasteiger partial charge is 0.339 e. The number of aromatic hydroxyl groups is 1. The fourth-order valence-electron chi connectivity index (χ4n) is 2.13. The topological polar surface area (TPSA) is 59.7 Å². The summed E-state index contributed by atoms with van der Waals surface area (Å²) in [6.07, 6.45) is 4.97. The highest BCUT2D eigenvalue weighted by atomic mass is 16.5. The van der Waals surface area contributed by atoms with E-state index in [1.165, 1.54) is 6.07 Å². The number of ether oxygens (including phenoxy) is 1. The summed E-state index contributed by atoms with van der Waals surface area (Å²) in [5, 5.41) is 9.57. The summed E-state index contributed by atoms with van der Waals surface area (Å²) in [4.78, 5) is 11.4. The molecule has 0 fully saturated rings. The van der Waals surface area contributed by atoms with Gasteiger partial charge in [0.25, 0.3) is 0 Å². The van der Waals surface area contributed by atoms with Crippen LogP contribution in [0.25, 0.3) is 0 Å². The molecule has 0 aliphatic carbocycles. The third-order valence-corrected chi connectivity index (χ3v) is 3.46. The van der Waals surface area contributed by atoms with Crippen molar-refractivity contribution in [3.8, 4) is 18.1 Å². The van der Waals surface area contributed by atoms with Gasteiger partial charge in [0.15, 0.2) is 0 Å². The van der Waals surface area contributed by atoms with Crippen LogP contribution < -0.4 is 5.63 Å². The predicted octanol–water partition coefficient (Wildman–Crippen LogP) is 2.84. The molecule has 1 N–H and O–H groups in total. The quantitative estimate of drug-likeness (QED) is 0.862. The Morgan fingerprint density at radius 2 is 2.00 bits per heavy atom. The van der Waals surface area contributed by atoms with Crippen molar-refractivity contribution in [1.29, 1.82) is 0 Å². The van der Waals surface area contributed by atoms with Crippen LogP contribution in [0, 0.1) is 12.3 Å². The van der Waals surface area contributed by atoms with Gasteiger partial charge in [0.1, 0.15) is 17.6 Å². The summed E-state index contributed by atoms with van der Waals surface area (Å²) in [6.45, 7) is 3.96. The summed E-state index contributed by atoms with van der Waals surface area (Å²) >= 11 is 0. The molecule has 0 aliphatic heterocycles. The Balaban J connectivity index is 2.21. The maximum atomic E-state index is 11.4. The molecule has 0 saturated heterocycles. The lowest BCUT2D eigenvalue weighted by molar-refractivity contribution is 0.0260. The molecule has 114 valence electrons. The van der Waals surface area contributed by atoms with Gasteiger partial charge < -0.3 is 14.3 Å². The first kappa shape index (κ1) is 15.9. The Labute approximate surface area is 129 Å². The van der Waals surface area contributed by atoms with E-state index in [2.05, 4.69) is 5.92 Å². The lowest BCUT2D eigenvalue weighted by Gasteiger charge is -2.29. The van der Waals surface area contributed by atoms with Crippen LogP contribution in [0.3, 0.4) is 0 Å². The second-order valence-corrected chi connectivity index (χ2v) is 5.56. The van der Waals surface area contributed by atoms with Gasteiger partial charge in [0.2, 0.25) is 0 Å². The molecule has 1 heterocycles. The molecular formula is C18H18O4. The van der Waals surface area contributed by atoms with Crippen LogP contribution in [-0.2, 0) is 16.8 Å². The Morgan fingerprint density at radius 3 is 2.59 bits per heavy atom. The molecule has 4 heteroatoms. The van der Waals surface area contributed by atoms with Gasteiger partial charge >= 0.3 is 5.63 Å². The molecule has 1 aromatic heterocycles. The predicted molar refractivity (Wildman–Crippen MR) is 83.5 cm³/mol. The minimum Gasteiger partial charge on any atom is -0.508 e. The van der Waals surface area contributed by atoms with Crippen molar-refractivity contribution in [2.45, 2.75) is 32.0 Å². The van der Waals surface area contributed by atoms with Crippen LogP contribution in [0.15, 0.2) is 51.7 Å². The van der Waals surface area contributed by atoms with Crippen molar-refractivity contribution in [3.63, 3.8) is 0 Å². The van der Waals surface area contributed by atoms with Crippen molar-refractivity contribution < 1.29 is 14.3 Å². The minimum absolute atomic E-state index is 0.154. The van der Waals surface area contributed by atoms with Gasteiger partial charge in [-0.05, 0) is 19.4 Å². The fraction of sp³-hybridized carbons (Fsp3) is 0.278. The molecule has 0 radical (unpaired) electrons. The van der Waals surface area contributed by atoms with E-state index in [-0.39, 0.29) is 11.5 Å². The van der Waals surface area contributed by atoms with E-state index < -0.39 is 17.1 Å². The zero-order chi connectivity index (χ0) is 16.2. The largest absolute Gasteiger partial charge is 0.508 e. The first-order valence-electron chi connectivity index (χ1n) is 6.90. The maximum Gasteiger partial charge on any atom is 0.339 e. The second kappa shape index (κ2) is 6.50. The maximum absolute atomic E-state index is 11.4. The molecule has 4 nitrogen and oxygen atoms in total. The van der Waals surface area contributed by atoms with E-state index in [0.717, 1.165) is 11.6 Å². The zero-order valence-electron chi connectivity index (χ0n) is 12.6. The van der Waals surface area contributed by atoms with E-state index in [4.69, 9.17) is 15.6 Å². The lowest BCUT2D eigenvalue weighted by Crippen LogP contribution is -2.35. The highest BCUT2D eigenvalue weighted by molar-refractivity contribution is 5.27. The van der Waals surface area contributed by atoms with Crippen molar-refractivity contribution >= 4 is 0 Å². The van der Waals surface area contributed by atoms with E-state index >= 15 is 0 Å². The summed E-state index contributed by atoms with van der Waals surface area (Å²) in [7, 11) is 0. The fourth-order valence-corrected chi connectivity index (χ4v) is 2.13. The van der Waals surface area contributed by atoms with Gasteiger partial charge in [0.05, 0.1) is 18.1 Å². The van der Waals surface area contributed by atoms with Crippen LogP contribution in [0.5, 0.6) is 5.75 Å². The van der Waals surface area contributed by atoms with E-state index in [1.807, 2.05) is 30.3 Å². The molecule has 0 amide bonds. The molecule has 0 aliphatic rings. The summed E-state index contributed by atoms with van der Waals surface area (Å²) in [6, 6.07) is 12.0. The average Bonchev–Trinajstić information content (AvgIpc) is 2.47. The lowest BCUT2D eigenvalue weighted by atomic mass is 9.83. The first-order valence-corrected chi connectivity index (χ1v) is 6.90. The van der Waals surface area contributed by atoms with Crippen LogP contribution in [0.2, 0.25) is 0 Å². The third-order valence-electron chi connectivity index (χ3n) is 3.46. The van der Waals surface area contributed by atoms with E-state index in [1.54, 1.807) is 13.8 Å². The number of rotatable bonds is 5. The Kier molecular flexibility index (Phi) is 4.69. The van der Waals surface area contributed by atoms with Crippen LogP contribution in [0.4, 0.5) is 0 Å². The second-order valence-electron chi connectivity index (χ2n) is 5.56. The van der Waals surface area contributed by atoms with Crippen LogP contribution in [-0.4, -0.2) is 11.2 Å². The minimum atomic E-state index is -0.762. The SMILES string of the molecule is C#C[C@H](OCc1ccccc1)C(C)(C)c1cc(O)cc(=O)o1. The third kappa shape index (κ3) is 3.57. The number of hydrogen-bond acceptors (Lipinski definition) is 4. The summed E-state index contributed by atoms with van der Waals surface area (Å²) in [5.74, 6) is 2.72. The standard InChI is InChI=1S/C18H18O4/c1-4-15(21-12-13-8-6-5-7-9-13)18(2,3)16-10-14(19)11-17(20)22-16/h1,5-11,15,19H,12H2,2-3H3/t15-/m0/s1. The monoisotopic (exact) mass is 298 g/mol. The molecule has 2 aromatic rings. The first-order chi connectivity index (χ1) is 10.4. The summed E-state index contributed by atoms with van der Waals surface area (Å²) in [5.41, 5.74) is -0.389. The van der Waals surface area contributed by atoms with Crippen LogP contribution in [0.1, 0.15) is 25.2 Å². The highest BCUT2D eigenvalue weighted by Gasteiger charge is 2.34. The molecular weight excluding hydrogens is 280 g/mol. The number of hydrogen-bond donors (Lipinski definition) is 1. The average molecular weight is 298 g/mol. The van der Waals surface area contributed by atoms with Crippen molar-refractivity contribution in [3.05, 3.63) is 64.2 Å². The molecule has 1 atom stereocenters. The van der Waals surface area contributed by atoms with E-state index in [9.17, 15) is 9.90 Å². The Hall–Kier alpha value is -2.51. The molecule has 2 rings (SSSR count). The van der Waals surface area contributed by atoms with Gasteiger partial charge in [-0.15, -0.1) is 6.42 Å². The molecule has 1 aromatic carbocycles. The molecule has 0 bridgehead atoms. The molecule has 0 spiro atoms. The van der Waals surface area contributed by atoms with Gasteiger partial charge in [-0.2, -0.15) is 0 Å². The Morgan fingerprint density at radius 1 is 1.32 bits per heavy atom. The van der Waals surface area contributed by atoms with Gasteiger partial charge in [-0.3, -0.25) is 0 Å². The Bertz CT molecular complexity index is 723. The molecule has 0 unspecified atom stereocenters. The summed E-state index contributed by atoms with van der Waals surface area (Å²) < 4.78 is 11.0. The van der Waals surface area contributed by atoms with Gasteiger partial charge in [-0.1, -0.05) is 36.3 Å². The number of terminal acetylenes is 1. The zero-order valence-corrected chi connectivity index (χ0v) is 12.6. The van der Waals surface area contributed by atoms with Gasteiger partial charge in [0, 0.05) is 6.07 Å². The molecule has 22 heavy (non-hydrogen) atoms. The van der Waals surface area contributed by atoms with Crippen molar-refractivity contribution in [2.24, 2.45) is 0 Å². The highest BCUT2D eigenvalue weighted by Crippen LogP contribution is 2.30. The van der Waals surface area contributed by atoms with Crippen LogP contribution >= 0.6 is 0 Å². The van der Waals surface area contributed by atoms with Gasteiger partial charge in [-0.25, -0.2) is 4.79 Å².